The number of methoxy groups -OCH3 is 1. The zero-order chi connectivity index (χ0) is 24.6. The van der Waals surface area contributed by atoms with Crippen LogP contribution < -0.4 is 14.2 Å². The standard InChI is InChI=1S/C30H34N2O3/c1-5-9-23-12-17-28(29(20-23)33-4)34-19-8-18-32-27-11-7-6-10-26(27)31-30(32)21-35-25-15-13-24(14-16-25)22(2)3/h5-7,9-17,20,22H,8,18-19,21H2,1-4H3/b9-5+. The van der Waals surface area contributed by atoms with Crippen LogP contribution in [0.2, 0.25) is 0 Å². The van der Waals surface area contributed by atoms with E-state index in [9.17, 15) is 0 Å². The summed E-state index contributed by atoms with van der Waals surface area (Å²) < 4.78 is 19.9. The van der Waals surface area contributed by atoms with Crippen molar-refractivity contribution in [1.29, 1.82) is 0 Å². The first-order chi connectivity index (χ1) is 17.1. The number of ether oxygens (including phenoxy) is 3. The summed E-state index contributed by atoms with van der Waals surface area (Å²) in [6.45, 7) is 8.15. The minimum Gasteiger partial charge on any atom is -0.493 e. The molecular formula is C30H34N2O3. The molecule has 1 aromatic heterocycles. The highest BCUT2D eigenvalue weighted by Crippen LogP contribution is 2.29. The molecule has 0 aliphatic rings. The van der Waals surface area contributed by atoms with Crippen LogP contribution in [0.15, 0.2) is 72.8 Å². The number of benzene rings is 3. The van der Waals surface area contributed by atoms with Crippen LogP contribution in [0.1, 0.15) is 50.1 Å². The molecule has 0 saturated heterocycles. The molecule has 5 nitrogen and oxygen atoms in total. The van der Waals surface area contributed by atoms with E-state index >= 15 is 0 Å². The molecule has 0 unspecified atom stereocenters. The van der Waals surface area contributed by atoms with Gasteiger partial charge in [-0.15, -0.1) is 0 Å². The summed E-state index contributed by atoms with van der Waals surface area (Å²) in [4.78, 5) is 4.84. The van der Waals surface area contributed by atoms with Gasteiger partial charge in [0.2, 0.25) is 0 Å². The van der Waals surface area contributed by atoms with Crippen molar-refractivity contribution in [2.45, 2.75) is 46.3 Å². The monoisotopic (exact) mass is 470 g/mol. The summed E-state index contributed by atoms with van der Waals surface area (Å²) in [6.07, 6.45) is 4.88. The van der Waals surface area contributed by atoms with Gasteiger partial charge in [-0.2, -0.15) is 0 Å². The fourth-order valence-corrected chi connectivity index (χ4v) is 4.09. The second kappa shape index (κ2) is 11.6. The van der Waals surface area contributed by atoms with Crippen molar-refractivity contribution in [2.75, 3.05) is 13.7 Å². The largest absolute Gasteiger partial charge is 0.493 e. The van der Waals surface area contributed by atoms with E-state index in [4.69, 9.17) is 19.2 Å². The van der Waals surface area contributed by atoms with Crippen molar-refractivity contribution < 1.29 is 14.2 Å². The van der Waals surface area contributed by atoms with E-state index in [1.54, 1.807) is 7.11 Å². The van der Waals surface area contributed by atoms with E-state index < -0.39 is 0 Å². The normalized spacial score (nSPS) is 11.5. The lowest BCUT2D eigenvalue weighted by atomic mass is 10.0. The Bertz CT molecular complexity index is 1270. The molecule has 0 saturated carbocycles. The quantitative estimate of drug-likeness (QED) is 0.217. The van der Waals surface area contributed by atoms with Crippen LogP contribution in [-0.4, -0.2) is 23.3 Å². The van der Waals surface area contributed by atoms with Crippen molar-refractivity contribution >= 4 is 17.1 Å². The summed E-state index contributed by atoms with van der Waals surface area (Å²) in [5, 5.41) is 0. The Kier molecular flexibility index (Phi) is 8.09. The molecule has 0 aliphatic carbocycles. The highest BCUT2D eigenvalue weighted by Gasteiger charge is 2.12. The molecule has 0 fully saturated rings. The van der Waals surface area contributed by atoms with Crippen LogP contribution in [0.5, 0.6) is 17.2 Å². The number of rotatable bonds is 11. The zero-order valence-corrected chi connectivity index (χ0v) is 21.0. The Labute approximate surface area is 208 Å². The van der Waals surface area contributed by atoms with Gasteiger partial charge in [-0.1, -0.05) is 56.3 Å². The van der Waals surface area contributed by atoms with Crippen molar-refractivity contribution in [3.63, 3.8) is 0 Å². The van der Waals surface area contributed by atoms with E-state index in [1.807, 2.05) is 67.6 Å². The van der Waals surface area contributed by atoms with E-state index in [0.717, 1.165) is 52.6 Å². The molecule has 0 bridgehead atoms. The second-order valence-electron chi connectivity index (χ2n) is 8.79. The maximum absolute atomic E-state index is 6.10. The molecule has 0 spiro atoms. The van der Waals surface area contributed by atoms with Crippen molar-refractivity contribution in [2.24, 2.45) is 0 Å². The number of imidazole rings is 1. The maximum atomic E-state index is 6.10. The minimum absolute atomic E-state index is 0.413. The van der Waals surface area contributed by atoms with Crippen molar-refractivity contribution in [1.82, 2.24) is 9.55 Å². The number of hydrogen-bond donors (Lipinski definition) is 0. The van der Waals surface area contributed by atoms with Gasteiger partial charge in [0.05, 0.1) is 24.8 Å². The fourth-order valence-electron chi connectivity index (χ4n) is 4.09. The predicted molar refractivity (Wildman–Crippen MR) is 142 cm³/mol. The van der Waals surface area contributed by atoms with Crippen molar-refractivity contribution in [3.05, 3.63) is 89.8 Å². The van der Waals surface area contributed by atoms with Gasteiger partial charge in [0.25, 0.3) is 0 Å². The Hall–Kier alpha value is -3.73. The lowest BCUT2D eigenvalue weighted by Gasteiger charge is -2.13. The molecule has 5 heteroatoms. The number of hydrogen-bond acceptors (Lipinski definition) is 4. The predicted octanol–water partition coefficient (Wildman–Crippen LogP) is 7.25. The first kappa shape index (κ1) is 24.4. The first-order valence-electron chi connectivity index (χ1n) is 12.2. The van der Waals surface area contributed by atoms with Crippen LogP contribution >= 0.6 is 0 Å². The van der Waals surface area contributed by atoms with Gasteiger partial charge in [0.15, 0.2) is 11.5 Å². The van der Waals surface area contributed by atoms with Crippen LogP contribution in [0.3, 0.4) is 0 Å². The maximum Gasteiger partial charge on any atom is 0.161 e. The topological polar surface area (TPSA) is 45.5 Å². The molecule has 182 valence electrons. The van der Waals surface area contributed by atoms with Gasteiger partial charge in [0, 0.05) is 6.54 Å². The zero-order valence-electron chi connectivity index (χ0n) is 21.0. The van der Waals surface area contributed by atoms with Gasteiger partial charge in [-0.05, 0) is 66.8 Å². The number of para-hydroxylation sites is 2. The summed E-state index contributed by atoms with van der Waals surface area (Å²) >= 11 is 0. The van der Waals surface area contributed by atoms with E-state index in [2.05, 4.69) is 36.6 Å². The Morgan fingerprint density at radius 3 is 2.49 bits per heavy atom. The van der Waals surface area contributed by atoms with Gasteiger partial charge in [-0.3, -0.25) is 0 Å². The first-order valence-corrected chi connectivity index (χ1v) is 12.2. The number of aromatic nitrogens is 2. The molecule has 0 radical (unpaired) electrons. The molecule has 0 N–H and O–H groups in total. The molecule has 0 aliphatic heterocycles. The molecule has 35 heavy (non-hydrogen) atoms. The van der Waals surface area contributed by atoms with Crippen LogP contribution in [0, 0.1) is 0 Å². The lowest BCUT2D eigenvalue weighted by Crippen LogP contribution is -2.10. The van der Waals surface area contributed by atoms with E-state index in [-0.39, 0.29) is 0 Å². The Morgan fingerprint density at radius 2 is 1.74 bits per heavy atom. The molecule has 0 atom stereocenters. The minimum atomic E-state index is 0.413. The number of fused-ring (bicyclic) bond motifs is 1. The van der Waals surface area contributed by atoms with Crippen LogP contribution in [0.4, 0.5) is 0 Å². The summed E-state index contributed by atoms with van der Waals surface area (Å²) in [7, 11) is 1.67. The third kappa shape index (κ3) is 6.04. The molecule has 3 aromatic carbocycles. The number of allylic oxidation sites excluding steroid dienone is 1. The number of nitrogens with zero attached hydrogens (tertiary/aromatic N) is 2. The SMILES string of the molecule is C/C=C/c1ccc(OCCCn2c(COc3ccc(C(C)C)cc3)nc3ccccc32)c(OC)c1. The van der Waals surface area contributed by atoms with E-state index in [0.29, 0.717) is 19.1 Å². The summed E-state index contributed by atoms with van der Waals surface area (Å²) in [5.41, 5.74) is 4.47. The van der Waals surface area contributed by atoms with Gasteiger partial charge >= 0.3 is 0 Å². The third-order valence-electron chi connectivity index (χ3n) is 5.98. The average Bonchev–Trinajstić information content (AvgIpc) is 3.23. The molecule has 4 aromatic rings. The van der Waals surface area contributed by atoms with Gasteiger partial charge in [0.1, 0.15) is 18.2 Å². The third-order valence-corrected chi connectivity index (χ3v) is 5.98. The summed E-state index contributed by atoms with van der Waals surface area (Å²) in [6, 6.07) is 22.5. The van der Waals surface area contributed by atoms with E-state index in [1.165, 1.54) is 5.56 Å². The van der Waals surface area contributed by atoms with Gasteiger partial charge in [-0.25, -0.2) is 4.98 Å². The molecular weight excluding hydrogens is 436 g/mol. The Morgan fingerprint density at radius 1 is 0.943 bits per heavy atom. The smallest absolute Gasteiger partial charge is 0.161 e. The molecule has 0 amide bonds. The van der Waals surface area contributed by atoms with Crippen LogP contribution in [0.25, 0.3) is 17.1 Å². The highest BCUT2D eigenvalue weighted by molar-refractivity contribution is 5.75. The van der Waals surface area contributed by atoms with Crippen LogP contribution in [-0.2, 0) is 13.2 Å². The average molecular weight is 471 g/mol. The Balaban J connectivity index is 1.42. The second-order valence-corrected chi connectivity index (χ2v) is 8.79. The molecule has 4 rings (SSSR count). The lowest BCUT2D eigenvalue weighted by molar-refractivity contribution is 0.273. The van der Waals surface area contributed by atoms with Gasteiger partial charge < -0.3 is 18.8 Å². The van der Waals surface area contributed by atoms with Crippen molar-refractivity contribution in [3.8, 4) is 17.2 Å². The summed E-state index contributed by atoms with van der Waals surface area (Å²) in [5.74, 6) is 3.76. The number of aryl methyl sites for hydroxylation is 1. The highest BCUT2D eigenvalue weighted by atomic mass is 16.5. The molecule has 1 heterocycles. The fraction of sp³-hybridized carbons (Fsp3) is 0.300.